The monoisotopic (exact) mass is 505 g/mol. The van der Waals surface area contributed by atoms with Gasteiger partial charge < -0.3 is 14.4 Å². The topological polar surface area (TPSA) is 81.1 Å². The Bertz CT molecular complexity index is 1340. The second-order valence-electron chi connectivity index (χ2n) is 8.86. The molecule has 2 aromatic carbocycles. The number of aromatic nitrogens is 1. The van der Waals surface area contributed by atoms with Gasteiger partial charge in [-0.25, -0.2) is 4.79 Å². The van der Waals surface area contributed by atoms with Crippen molar-refractivity contribution in [3.63, 3.8) is 0 Å². The predicted molar refractivity (Wildman–Crippen MR) is 137 cm³/mol. The molecule has 1 atom stereocenters. The van der Waals surface area contributed by atoms with Crippen molar-refractivity contribution in [2.75, 3.05) is 18.3 Å². The Morgan fingerprint density at radius 2 is 1.78 bits per heavy atom. The van der Waals surface area contributed by atoms with E-state index in [1.54, 1.807) is 34.5 Å². The van der Waals surface area contributed by atoms with Crippen LogP contribution < -0.4 is 15.2 Å². The van der Waals surface area contributed by atoms with Crippen molar-refractivity contribution in [2.24, 2.45) is 0 Å². The molecule has 1 aromatic heterocycles. The highest BCUT2D eigenvalue weighted by Gasteiger charge is 2.40. The number of rotatable bonds is 4. The number of carbonyl (C=O) groups excluding carboxylic acids is 2. The molecule has 3 aromatic rings. The van der Waals surface area contributed by atoms with Gasteiger partial charge in [0.25, 0.3) is 5.91 Å². The van der Waals surface area contributed by atoms with Gasteiger partial charge in [-0.3, -0.25) is 19.3 Å². The highest BCUT2D eigenvalue weighted by Crippen LogP contribution is 2.43. The molecule has 9 heteroatoms. The van der Waals surface area contributed by atoms with E-state index in [0.29, 0.717) is 0 Å². The fourth-order valence-electron chi connectivity index (χ4n) is 4.69. The molecule has 0 radical (unpaired) electrons. The van der Waals surface area contributed by atoms with Crippen LogP contribution in [0.5, 0.6) is 5.75 Å². The average Bonchev–Trinajstić information content (AvgIpc) is 3.03. The van der Waals surface area contributed by atoms with Crippen LogP contribution in [-0.2, 0) is 10.5 Å². The Hall–Kier alpha value is -3.72. The van der Waals surface area contributed by atoms with Crippen LogP contribution >= 0.6 is 11.8 Å². The molecule has 3 heterocycles. The number of thioether (sulfide) groups is 1. The largest absolute Gasteiger partial charge is 0.514 e. The molecule has 5 rings (SSSR count). The van der Waals surface area contributed by atoms with E-state index in [1.165, 1.54) is 11.6 Å². The Morgan fingerprint density at radius 3 is 2.53 bits per heavy atom. The molecule has 8 nitrogen and oxygen atoms in total. The van der Waals surface area contributed by atoms with Gasteiger partial charge in [-0.2, -0.15) is 0 Å². The number of ether oxygens (including phenoxy) is 2. The molecule has 0 bridgehead atoms. The summed E-state index contributed by atoms with van der Waals surface area (Å²) in [5.74, 6) is 0.0992. The highest BCUT2D eigenvalue weighted by molar-refractivity contribution is 7.98. The molecule has 0 saturated carbocycles. The molecule has 36 heavy (non-hydrogen) atoms. The lowest BCUT2D eigenvalue weighted by Gasteiger charge is -2.45. The van der Waals surface area contributed by atoms with Crippen molar-refractivity contribution in [1.29, 1.82) is 0 Å². The molecular weight excluding hydrogens is 478 g/mol. The smallest absolute Gasteiger partial charge is 0.434 e. The van der Waals surface area contributed by atoms with Gasteiger partial charge in [0.15, 0.2) is 5.69 Å². The number of carbonyl (C=O) groups is 2. The van der Waals surface area contributed by atoms with Crippen LogP contribution in [0.3, 0.4) is 0 Å². The Morgan fingerprint density at radius 1 is 1.06 bits per heavy atom. The van der Waals surface area contributed by atoms with E-state index in [4.69, 9.17) is 9.47 Å². The Balaban J connectivity index is 1.75. The zero-order valence-electron chi connectivity index (χ0n) is 20.3. The lowest BCUT2D eigenvalue weighted by atomic mass is 9.94. The van der Waals surface area contributed by atoms with Crippen molar-refractivity contribution in [1.82, 2.24) is 9.58 Å². The van der Waals surface area contributed by atoms with E-state index in [2.05, 4.69) is 29.3 Å². The van der Waals surface area contributed by atoms with Crippen LogP contribution in [0.2, 0.25) is 0 Å². The summed E-state index contributed by atoms with van der Waals surface area (Å²) in [5, 5.41) is 2.05. The van der Waals surface area contributed by atoms with Crippen molar-refractivity contribution in [2.45, 2.75) is 43.5 Å². The minimum absolute atomic E-state index is 0.00219. The van der Waals surface area contributed by atoms with Crippen molar-refractivity contribution < 1.29 is 19.1 Å². The molecule has 0 aliphatic carbocycles. The molecule has 0 spiro atoms. The van der Waals surface area contributed by atoms with Crippen molar-refractivity contribution in [3.8, 4) is 5.75 Å². The second-order valence-corrected chi connectivity index (χ2v) is 9.88. The molecule has 2 aliphatic heterocycles. The van der Waals surface area contributed by atoms with E-state index in [-0.39, 0.29) is 42.7 Å². The maximum absolute atomic E-state index is 13.7. The van der Waals surface area contributed by atoms with Gasteiger partial charge in [-0.1, -0.05) is 42.5 Å². The van der Waals surface area contributed by atoms with Crippen LogP contribution in [0, 0.1) is 0 Å². The molecule has 0 saturated heterocycles. The first-order chi connectivity index (χ1) is 17.4. The second kappa shape index (κ2) is 9.73. The fraction of sp³-hybridized carbons (Fsp3) is 0.296. The van der Waals surface area contributed by atoms with E-state index in [0.717, 1.165) is 21.8 Å². The number of amides is 1. The van der Waals surface area contributed by atoms with Crippen LogP contribution in [0.4, 0.5) is 4.79 Å². The van der Waals surface area contributed by atoms with Gasteiger partial charge in [0, 0.05) is 29.0 Å². The first-order valence-corrected chi connectivity index (χ1v) is 12.9. The summed E-state index contributed by atoms with van der Waals surface area (Å²) in [5.41, 5.74) is 2.85. The third-order valence-electron chi connectivity index (χ3n) is 6.39. The van der Waals surface area contributed by atoms with Gasteiger partial charge >= 0.3 is 6.16 Å². The lowest BCUT2D eigenvalue weighted by molar-refractivity contribution is 0.0615. The van der Waals surface area contributed by atoms with Crippen LogP contribution in [-0.4, -0.2) is 41.0 Å². The van der Waals surface area contributed by atoms with Crippen molar-refractivity contribution in [3.05, 3.63) is 93.4 Å². The number of nitrogens with zero attached hydrogens (tertiary/aromatic N) is 3. The quantitative estimate of drug-likeness (QED) is 0.482. The first-order valence-electron chi connectivity index (χ1n) is 11.9. The van der Waals surface area contributed by atoms with E-state index in [1.807, 2.05) is 38.1 Å². The highest BCUT2D eigenvalue weighted by atomic mass is 32.2. The third kappa shape index (κ3) is 4.13. The standard InChI is InChI=1S/C27H27N3O5S/c1-4-34-27(33)35-25-21(31)13-14-29-24(25)26(32)28(17(2)3)16-30(29)23-19-10-6-5-9-18(19)15-36-22-12-8-7-11-20(22)23/h5-14,17,23H,4,15-16H2,1-3H3. The van der Waals surface area contributed by atoms with E-state index in [9.17, 15) is 14.4 Å². The summed E-state index contributed by atoms with van der Waals surface area (Å²) in [4.78, 5) is 41.5. The molecule has 2 aliphatic rings. The van der Waals surface area contributed by atoms with Crippen molar-refractivity contribution >= 4 is 23.8 Å². The SMILES string of the molecule is CCOC(=O)Oc1c2n(ccc1=O)N(C1c3ccccc3CSc3ccccc31)CN(C(C)C)C2=O. The van der Waals surface area contributed by atoms with Crippen LogP contribution in [0.15, 0.2) is 70.5 Å². The van der Waals surface area contributed by atoms with Crippen LogP contribution in [0.25, 0.3) is 0 Å². The summed E-state index contributed by atoms with van der Waals surface area (Å²) >= 11 is 1.78. The van der Waals surface area contributed by atoms with Crippen LogP contribution in [0.1, 0.15) is 54.0 Å². The Kier molecular flexibility index (Phi) is 6.49. The zero-order chi connectivity index (χ0) is 25.4. The summed E-state index contributed by atoms with van der Waals surface area (Å²) in [6, 6.07) is 17.4. The fourth-order valence-corrected chi connectivity index (χ4v) is 5.79. The number of pyridine rings is 1. The Labute approximate surface area is 213 Å². The summed E-state index contributed by atoms with van der Waals surface area (Å²) in [6.45, 7) is 5.85. The minimum atomic E-state index is -1.02. The first kappa shape index (κ1) is 24.0. The van der Waals surface area contributed by atoms with Gasteiger partial charge in [-0.05, 0) is 43.5 Å². The molecule has 0 N–H and O–H groups in total. The van der Waals surface area contributed by atoms with E-state index >= 15 is 0 Å². The number of benzene rings is 2. The maximum atomic E-state index is 13.7. The van der Waals surface area contributed by atoms with E-state index < -0.39 is 11.6 Å². The zero-order valence-corrected chi connectivity index (χ0v) is 21.2. The normalized spacial score (nSPS) is 16.7. The van der Waals surface area contributed by atoms with Gasteiger partial charge in [-0.15, -0.1) is 11.8 Å². The predicted octanol–water partition coefficient (Wildman–Crippen LogP) is 4.54. The summed E-state index contributed by atoms with van der Waals surface area (Å²) < 4.78 is 11.9. The maximum Gasteiger partial charge on any atom is 0.514 e. The molecule has 1 amide bonds. The molecule has 0 fully saturated rings. The third-order valence-corrected chi connectivity index (χ3v) is 7.53. The molecular formula is C27H27N3O5S. The van der Waals surface area contributed by atoms with Gasteiger partial charge in [0.1, 0.15) is 6.67 Å². The summed E-state index contributed by atoms with van der Waals surface area (Å²) in [6.07, 6.45) is 0.556. The summed E-state index contributed by atoms with van der Waals surface area (Å²) in [7, 11) is 0. The number of hydrogen-bond donors (Lipinski definition) is 0. The average molecular weight is 506 g/mol. The number of fused-ring (bicyclic) bond motifs is 3. The lowest BCUT2D eigenvalue weighted by Crippen LogP contribution is -2.57. The molecule has 186 valence electrons. The number of hydrogen-bond acceptors (Lipinski definition) is 7. The minimum Gasteiger partial charge on any atom is -0.434 e. The molecule has 1 unspecified atom stereocenters. The van der Waals surface area contributed by atoms with Gasteiger partial charge in [0.2, 0.25) is 11.2 Å². The van der Waals surface area contributed by atoms with Gasteiger partial charge in [0.05, 0.1) is 12.6 Å².